The van der Waals surface area contributed by atoms with Crippen LogP contribution in [0.4, 0.5) is 15.8 Å². The van der Waals surface area contributed by atoms with Gasteiger partial charge in [0.1, 0.15) is 10.8 Å². The van der Waals surface area contributed by atoms with E-state index in [-0.39, 0.29) is 10.8 Å². The molecule has 0 saturated heterocycles. The predicted octanol–water partition coefficient (Wildman–Crippen LogP) is 3.85. The van der Waals surface area contributed by atoms with Crippen LogP contribution in [0.1, 0.15) is 23.1 Å². The molecule has 2 N–H and O–H groups in total. The molecule has 0 fully saturated rings. The van der Waals surface area contributed by atoms with Gasteiger partial charge in [-0.25, -0.2) is 4.39 Å². The van der Waals surface area contributed by atoms with Crippen molar-refractivity contribution >= 4 is 28.6 Å². The molecule has 2 aromatic carbocycles. The molecule has 0 unspecified atom stereocenters. The molecule has 2 nitrogen and oxygen atoms in total. The number of halogens is 1. The Bertz CT molecular complexity index is 712. The van der Waals surface area contributed by atoms with E-state index in [0.717, 1.165) is 30.8 Å². The molecule has 3 rings (SSSR count). The first kappa shape index (κ1) is 14.0. The van der Waals surface area contributed by atoms with Crippen LogP contribution in [-0.2, 0) is 6.42 Å². The third kappa shape index (κ3) is 2.63. The number of aryl methyl sites for hydroxylation is 2. The van der Waals surface area contributed by atoms with Crippen LogP contribution in [0.2, 0.25) is 0 Å². The van der Waals surface area contributed by atoms with Gasteiger partial charge in [0, 0.05) is 23.5 Å². The first-order valence-corrected chi connectivity index (χ1v) is 7.43. The summed E-state index contributed by atoms with van der Waals surface area (Å²) in [4.78, 5) is 2.25. The molecule has 0 aliphatic carbocycles. The quantitative estimate of drug-likeness (QED) is 0.854. The molecule has 0 spiro atoms. The Kier molecular flexibility index (Phi) is 3.64. The van der Waals surface area contributed by atoms with Crippen molar-refractivity contribution in [3.05, 3.63) is 58.9 Å². The highest BCUT2D eigenvalue weighted by Crippen LogP contribution is 2.34. The molecule has 1 heterocycles. The normalized spacial score (nSPS) is 13.9. The van der Waals surface area contributed by atoms with Gasteiger partial charge >= 0.3 is 0 Å². The minimum absolute atomic E-state index is 0.0914. The van der Waals surface area contributed by atoms with Crippen molar-refractivity contribution in [2.75, 3.05) is 11.4 Å². The van der Waals surface area contributed by atoms with Crippen molar-refractivity contribution in [3.63, 3.8) is 0 Å². The molecule has 0 saturated carbocycles. The summed E-state index contributed by atoms with van der Waals surface area (Å²) in [7, 11) is 0. The maximum atomic E-state index is 14.1. The topological polar surface area (TPSA) is 29.3 Å². The van der Waals surface area contributed by atoms with E-state index >= 15 is 0 Å². The van der Waals surface area contributed by atoms with Crippen molar-refractivity contribution in [2.45, 2.75) is 19.8 Å². The van der Waals surface area contributed by atoms with E-state index in [1.807, 2.05) is 6.07 Å². The summed E-state index contributed by atoms with van der Waals surface area (Å²) in [6.45, 7) is 2.98. The summed E-state index contributed by atoms with van der Waals surface area (Å²) < 4.78 is 14.1. The lowest BCUT2D eigenvalue weighted by Crippen LogP contribution is -2.25. The van der Waals surface area contributed by atoms with Crippen LogP contribution in [0, 0.1) is 12.7 Å². The number of fused-ring (bicyclic) bond motifs is 1. The molecule has 21 heavy (non-hydrogen) atoms. The lowest BCUT2D eigenvalue weighted by molar-refractivity contribution is 0.624. The van der Waals surface area contributed by atoms with Gasteiger partial charge in [-0.3, -0.25) is 0 Å². The standard InChI is InChI=1S/C17H17FN2S/c1-11-4-7-16-12(9-11)3-2-8-20(16)13-5-6-14(17(19)21)15(18)10-13/h4-7,9-10H,2-3,8H2,1H3,(H2,19,21). The number of thiocarbonyl (C=S) groups is 1. The Labute approximate surface area is 129 Å². The monoisotopic (exact) mass is 300 g/mol. The molecule has 1 aliphatic rings. The lowest BCUT2D eigenvalue weighted by atomic mass is 9.99. The minimum Gasteiger partial charge on any atom is -0.389 e. The van der Waals surface area contributed by atoms with E-state index in [9.17, 15) is 4.39 Å². The van der Waals surface area contributed by atoms with Crippen molar-refractivity contribution < 1.29 is 4.39 Å². The van der Waals surface area contributed by atoms with Crippen LogP contribution < -0.4 is 10.6 Å². The van der Waals surface area contributed by atoms with Crippen molar-refractivity contribution in [3.8, 4) is 0 Å². The second kappa shape index (κ2) is 5.45. The number of hydrogen-bond acceptors (Lipinski definition) is 2. The highest BCUT2D eigenvalue weighted by Gasteiger charge is 2.19. The Morgan fingerprint density at radius 3 is 2.76 bits per heavy atom. The fraction of sp³-hybridized carbons (Fsp3) is 0.235. The first-order valence-electron chi connectivity index (χ1n) is 7.02. The lowest BCUT2D eigenvalue weighted by Gasteiger charge is -2.31. The summed E-state index contributed by atoms with van der Waals surface area (Å²) >= 11 is 4.85. The summed E-state index contributed by atoms with van der Waals surface area (Å²) in [5.74, 6) is -0.362. The zero-order chi connectivity index (χ0) is 15.0. The molecule has 0 radical (unpaired) electrons. The summed E-state index contributed by atoms with van der Waals surface area (Å²) in [5, 5.41) is 0. The highest BCUT2D eigenvalue weighted by molar-refractivity contribution is 7.80. The van der Waals surface area contributed by atoms with Crippen LogP contribution >= 0.6 is 12.2 Å². The largest absolute Gasteiger partial charge is 0.389 e. The van der Waals surface area contributed by atoms with E-state index < -0.39 is 0 Å². The van der Waals surface area contributed by atoms with Gasteiger partial charge < -0.3 is 10.6 Å². The van der Waals surface area contributed by atoms with E-state index in [0.29, 0.717) is 5.56 Å². The third-order valence-corrected chi connectivity index (χ3v) is 4.10. The van der Waals surface area contributed by atoms with E-state index in [2.05, 4.69) is 30.0 Å². The molecule has 108 valence electrons. The average molecular weight is 300 g/mol. The summed E-state index contributed by atoms with van der Waals surface area (Å²) in [6, 6.07) is 11.5. The Morgan fingerprint density at radius 1 is 1.24 bits per heavy atom. The summed E-state index contributed by atoms with van der Waals surface area (Å²) in [6.07, 6.45) is 2.14. The average Bonchev–Trinajstić information content (AvgIpc) is 2.45. The van der Waals surface area contributed by atoms with E-state index in [1.165, 1.54) is 17.2 Å². The number of rotatable bonds is 2. The molecule has 0 bridgehead atoms. The number of nitrogens with two attached hydrogens (primary N) is 1. The van der Waals surface area contributed by atoms with Gasteiger partial charge in [0.2, 0.25) is 0 Å². The fourth-order valence-corrected chi connectivity index (χ4v) is 3.03. The number of anilines is 2. The van der Waals surface area contributed by atoms with Gasteiger partial charge in [-0.2, -0.15) is 0 Å². The molecular weight excluding hydrogens is 283 g/mol. The van der Waals surface area contributed by atoms with E-state index in [4.69, 9.17) is 18.0 Å². The molecular formula is C17H17FN2S. The van der Waals surface area contributed by atoms with E-state index in [1.54, 1.807) is 6.07 Å². The number of nitrogens with zero attached hydrogens (tertiary/aromatic N) is 1. The molecule has 0 aromatic heterocycles. The summed E-state index contributed by atoms with van der Waals surface area (Å²) in [5.41, 5.74) is 10.4. The Hall–Kier alpha value is -1.94. The van der Waals surface area contributed by atoms with Gasteiger partial charge in [0.15, 0.2) is 0 Å². The zero-order valence-corrected chi connectivity index (χ0v) is 12.7. The van der Waals surface area contributed by atoms with Gasteiger partial charge in [-0.05, 0) is 49.6 Å². The Morgan fingerprint density at radius 2 is 2.05 bits per heavy atom. The molecule has 1 aliphatic heterocycles. The second-order valence-electron chi connectivity index (χ2n) is 5.42. The first-order chi connectivity index (χ1) is 10.1. The maximum absolute atomic E-state index is 14.1. The van der Waals surface area contributed by atoms with Crippen molar-refractivity contribution in [2.24, 2.45) is 5.73 Å². The predicted molar refractivity (Wildman–Crippen MR) is 88.8 cm³/mol. The van der Waals surface area contributed by atoms with Gasteiger partial charge in [-0.15, -0.1) is 0 Å². The zero-order valence-electron chi connectivity index (χ0n) is 11.9. The van der Waals surface area contributed by atoms with Gasteiger partial charge in [0.25, 0.3) is 0 Å². The maximum Gasteiger partial charge on any atom is 0.135 e. The van der Waals surface area contributed by atoms with Crippen LogP contribution in [0.15, 0.2) is 36.4 Å². The van der Waals surface area contributed by atoms with Crippen LogP contribution in [0.25, 0.3) is 0 Å². The van der Waals surface area contributed by atoms with Crippen LogP contribution in [0.3, 0.4) is 0 Å². The second-order valence-corrected chi connectivity index (χ2v) is 5.86. The smallest absolute Gasteiger partial charge is 0.135 e. The van der Waals surface area contributed by atoms with Crippen LogP contribution in [0.5, 0.6) is 0 Å². The third-order valence-electron chi connectivity index (χ3n) is 3.88. The van der Waals surface area contributed by atoms with Gasteiger partial charge in [0.05, 0.1) is 0 Å². The molecule has 0 atom stereocenters. The number of hydrogen-bond donors (Lipinski definition) is 1. The molecule has 4 heteroatoms. The highest BCUT2D eigenvalue weighted by atomic mass is 32.1. The minimum atomic E-state index is -0.362. The number of benzene rings is 2. The SMILES string of the molecule is Cc1ccc2c(c1)CCCN2c1ccc(C(N)=S)c(F)c1. The van der Waals surface area contributed by atoms with Gasteiger partial charge in [-0.1, -0.05) is 29.9 Å². The molecule has 2 aromatic rings. The Balaban J connectivity index is 2.03. The van der Waals surface area contributed by atoms with Crippen LogP contribution in [-0.4, -0.2) is 11.5 Å². The molecule has 0 amide bonds. The van der Waals surface area contributed by atoms with Crippen molar-refractivity contribution in [1.29, 1.82) is 0 Å². The van der Waals surface area contributed by atoms with Crippen molar-refractivity contribution in [1.82, 2.24) is 0 Å². The fourth-order valence-electron chi connectivity index (χ4n) is 2.87.